The number of benzene rings is 1. The molecule has 2 aliphatic carbocycles. The Hall–Kier alpha value is -3.16. The lowest BCUT2D eigenvalue weighted by atomic mass is 9.77. The molecule has 1 aliphatic heterocycles. The van der Waals surface area contributed by atoms with E-state index in [-0.39, 0.29) is 23.3 Å². The van der Waals surface area contributed by atoms with Crippen molar-refractivity contribution in [3.05, 3.63) is 35.2 Å². The van der Waals surface area contributed by atoms with E-state index in [1.807, 2.05) is 13.0 Å². The zero-order valence-corrected chi connectivity index (χ0v) is 17.9. The van der Waals surface area contributed by atoms with Crippen molar-refractivity contribution >= 4 is 29.1 Å². The smallest absolute Gasteiger partial charge is 0.252 e. The SMILES string of the molecule is COc1c(NC(=O)C2CC2)ncnc1Nc1cc(C)c2c(c1)C1(CCCCC1)NC2=O. The Kier molecular flexibility index (Phi) is 4.79. The molecule has 2 heterocycles. The zero-order chi connectivity index (χ0) is 21.6. The highest BCUT2D eigenvalue weighted by Crippen LogP contribution is 2.45. The summed E-state index contributed by atoms with van der Waals surface area (Å²) in [6.07, 6.45) is 8.57. The Balaban J connectivity index is 1.48. The van der Waals surface area contributed by atoms with Crippen LogP contribution in [0.2, 0.25) is 0 Å². The summed E-state index contributed by atoms with van der Waals surface area (Å²) >= 11 is 0. The number of ether oxygens (including phenoxy) is 1. The molecule has 0 radical (unpaired) electrons. The van der Waals surface area contributed by atoms with E-state index in [0.717, 1.165) is 60.9 Å². The number of aryl methyl sites for hydroxylation is 1. The minimum absolute atomic E-state index is 0.0191. The second-order valence-corrected chi connectivity index (χ2v) is 8.81. The van der Waals surface area contributed by atoms with Gasteiger partial charge in [-0.3, -0.25) is 9.59 Å². The minimum atomic E-state index is -0.272. The normalized spacial score (nSPS) is 19.0. The highest BCUT2D eigenvalue weighted by molar-refractivity contribution is 6.02. The first-order valence-corrected chi connectivity index (χ1v) is 11.0. The first kappa shape index (κ1) is 19.8. The third kappa shape index (κ3) is 3.49. The van der Waals surface area contributed by atoms with E-state index in [1.165, 1.54) is 19.9 Å². The number of rotatable bonds is 5. The van der Waals surface area contributed by atoms with Crippen LogP contribution < -0.4 is 20.7 Å². The highest BCUT2D eigenvalue weighted by atomic mass is 16.5. The van der Waals surface area contributed by atoms with Crippen molar-refractivity contribution in [3.63, 3.8) is 0 Å². The van der Waals surface area contributed by atoms with Gasteiger partial charge in [-0.05, 0) is 55.9 Å². The first-order chi connectivity index (χ1) is 15.0. The molecule has 2 amide bonds. The molecule has 0 saturated heterocycles. The van der Waals surface area contributed by atoms with Gasteiger partial charge in [-0.2, -0.15) is 0 Å². The fourth-order valence-electron chi connectivity index (χ4n) is 4.88. The second kappa shape index (κ2) is 7.51. The molecule has 1 aromatic heterocycles. The van der Waals surface area contributed by atoms with Crippen LogP contribution in [0.3, 0.4) is 0 Å². The minimum Gasteiger partial charge on any atom is -0.490 e. The van der Waals surface area contributed by atoms with Crippen molar-refractivity contribution in [1.29, 1.82) is 0 Å². The molecular weight excluding hydrogens is 394 g/mol. The van der Waals surface area contributed by atoms with E-state index in [2.05, 4.69) is 32.0 Å². The third-order valence-corrected chi connectivity index (χ3v) is 6.60. The van der Waals surface area contributed by atoms with Gasteiger partial charge in [0.2, 0.25) is 11.7 Å². The molecule has 2 fully saturated rings. The molecule has 2 saturated carbocycles. The average molecular weight is 422 g/mol. The van der Waals surface area contributed by atoms with Crippen molar-refractivity contribution in [3.8, 4) is 5.75 Å². The predicted molar refractivity (Wildman–Crippen MR) is 117 cm³/mol. The summed E-state index contributed by atoms with van der Waals surface area (Å²) in [5.41, 5.74) is 3.34. The number of nitrogens with zero attached hydrogens (tertiary/aromatic N) is 2. The van der Waals surface area contributed by atoms with Crippen LogP contribution in [-0.4, -0.2) is 28.9 Å². The standard InChI is InChI=1S/C23H27N5O3/c1-13-10-15(11-16-17(13)22(30)28-23(16)8-4-3-5-9-23)26-19-18(31-2)20(25-12-24-19)27-21(29)14-6-7-14/h10-12,14H,3-9H2,1-2H3,(H,28,30)(H2,24,25,26,27,29). The van der Waals surface area contributed by atoms with Gasteiger partial charge < -0.3 is 20.7 Å². The number of amides is 2. The maximum Gasteiger partial charge on any atom is 0.252 e. The van der Waals surface area contributed by atoms with Crippen LogP contribution in [-0.2, 0) is 10.3 Å². The van der Waals surface area contributed by atoms with E-state index in [1.54, 1.807) is 0 Å². The number of methoxy groups -OCH3 is 1. The van der Waals surface area contributed by atoms with Gasteiger partial charge in [0.25, 0.3) is 5.91 Å². The van der Waals surface area contributed by atoms with Crippen LogP contribution in [0.15, 0.2) is 18.5 Å². The van der Waals surface area contributed by atoms with Gasteiger partial charge in [0.05, 0.1) is 12.6 Å². The number of aromatic nitrogens is 2. The van der Waals surface area contributed by atoms with Crippen molar-refractivity contribution in [1.82, 2.24) is 15.3 Å². The number of carbonyl (C=O) groups is 2. The summed E-state index contributed by atoms with van der Waals surface area (Å²) in [7, 11) is 1.53. The number of carbonyl (C=O) groups excluding carboxylic acids is 2. The van der Waals surface area contributed by atoms with Gasteiger partial charge in [0, 0.05) is 17.2 Å². The molecule has 0 unspecified atom stereocenters. The van der Waals surface area contributed by atoms with E-state index in [9.17, 15) is 9.59 Å². The Bertz CT molecular complexity index is 1060. The number of nitrogens with one attached hydrogen (secondary N) is 3. The maximum atomic E-state index is 12.7. The second-order valence-electron chi connectivity index (χ2n) is 8.81. The summed E-state index contributed by atoms with van der Waals surface area (Å²) in [5, 5.41) is 9.44. The van der Waals surface area contributed by atoms with Crippen LogP contribution >= 0.6 is 0 Å². The number of fused-ring (bicyclic) bond motifs is 2. The van der Waals surface area contributed by atoms with E-state index < -0.39 is 0 Å². The Morgan fingerprint density at radius 2 is 1.90 bits per heavy atom. The topological polar surface area (TPSA) is 105 Å². The summed E-state index contributed by atoms with van der Waals surface area (Å²) in [6, 6.07) is 4.00. The molecule has 2 aromatic rings. The van der Waals surface area contributed by atoms with Gasteiger partial charge in [0.15, 0.2) is 11.6 Å². The largest absolute Gasteiger partial charge is 0.490 e. The molecular formula is C23H27N5O3. The lowest BCUT2D eigenvalue weighted by Crippen LogP contribution is -2.40. The fraction of sp³-hybridized carbons (Fsp3) is 0.478. The number of hydrogen-bond acceptors (Lipinski definition) is 6. The fourth-order valence-corrected chi connectivity index (χ4v) is 4.88. The van der Waals surface area contributed by atoms with E-state index in [4.69, 9.17) is 4.74 Å². The predicted octanol–water partition coefficient (Wildman–Crippen LogP) is 3.79. The molecule has 1 aromatic carbocycles. The molecule has 3 N–H and O–H groups in total. The molecule has 162 valence electrons. The number of hydrogen-bond donors (Lipinski definition) is 3. The molecule has 3 aliphatic rings. The van der Waals surface area contributed by atoms with Gasteiger partial charge in [-0.15, -0.1) is 0 Å². The molecule has 1 spiro atoms. The first-order valence-electron chi connectivity index (χ1n) is 11.0. The van der Waals surface area contributed by atoms with Crippen LogP contribution in [0.1, 0.15) is 66.4 Å². The van der Waals surface area contributed by atoms with Gasteiger partial charge in [0.1, 0.15) is 6.33 Å². The van der Waals surface area contributed by atoms with Gasteiger partial charge in [-0.25, -0.2) is 9.97 Å². The summed E-state index contributed by atoms with van der Waals surface area (Å²) in [5.74, 6) is 1.25. The maximum absolute atomic E-state index is 12.7. The lowest BCUT2D eigenvalue weighted by molar-refractivity contribution is -0.117. The molecule has 5 rings (SSSR count). The van der Waals surface area contributed by atoms with Crippen LogP contribution in [0.25, 0.3) is 0 Å². The zero-order valence-electron chi connectivity index (χ0n) is 17.9. The number of anilines is 3. The summed E-state index contributed by atoms with van der Waals surface area (Å²) < 4.78 is 5.53. The monoisotopic (exact) mass is 421 g/mol. The molecule has 0 atom stereocenters. The third-order valence-electron chi connectivity index (χ3n) is 6.60. The molecule has 0 bridgehead atoms. The van der Waals surface area contributed by atoms with Crippen molar-refractivity contribution in [2.45, 2.75) is 57.4 Å². The Morgan fingerprint density at radius 1 is 1.16 bits per heavy atom. The van der Waals surface area contributed by atoms with Gasteiger partial charge >= 0.3 is 0 Å². The summed E-state index contributed by atoms with van der Waals surface area (Å²) in [4.78, 5) is 33.5. The quantitative estimate of drug-likeness (QED) is 0.678. The molecule has 8 heteroatoms. The van der Waals surface area contributed by atoms with Gasteiger partial charge in [-0.1, -0.05) is 19.3 Å². The highest BCUT2D eigenvalue weighted by Gasteiger charge is 2.44. The van der Waals surface area contributed by atoms with Crippen molar-refractivity contribution in [2.24, 2.45) is 5.92 Å². The van der Waals surface area contributed by atoms with E-state index in [0.29, 0.717) is 17.4 Å². The molecule has 31 heavy (non-hydrogen) atoms. The van der Waals surface area contributed by atoms with Crippen LogP contribution in [0.5, 0.6) is 5.75 Å². The summed E-state index contributed by atoms with van der Waals surface area (Å²) in [6.45, 7) is 1.96. The van der Waals surface area contributed by atoms with E-state index >= 15 is 0 Å². The Labute approximate surface area is 181 Å². The van der Waals surface area contributed by atoms with Crippen molar-refractivity contribution < 1.29 is 14.3 Å². The Morgan fingerprint density at radius 3 is 2.61 bits per heavy atom. The van der Waals surface area contributed by atoms with Crippen LogP contribution in [0, 0.1) is 12.8 Å². The van der Waals surface area contributed by atoms with Crippen LogP contribution in [0.4, 0.5) is 17.3 Å². The lowest BCUT2D eigenvalue weighted by Gasteiger charge is -2.34. The average Bonchev–Trinajstić information content (AvgIpc) is 3.56. The van der Waals surface area contributed by atoms with Crippen molar-refractivity contribution in [2.75, 3.05) is 17.7 Å². The molecule has 8 nitrogen and oxygen atoms in total.